The topological polar surface area (TPSA) is 45.7 Å². The van der Waals surface area contributed by atoms with Crippen LogP contribution in [-0.4, -0.2) is 54.0 Å². The molecule has 1 aromatic carbocycles. The molecule has 1 saturated carbocycles. The largest absolute Gasteiger partial charge is 0.494 e. The maximum Gasteiger partial charge on any atom is 0.222 e. The van der Waals surface area contributed by atoms with Crippen LogP contribution in [0.3, 0.4) is 0 Å². The quantitative estimate of drug-likeness (QED) is 0.784. The second-order valence-electron chi connectivity index (χ2n) is 8.01. The fourth-order valence-electron chi connectivity index (χ4n) is 4.17. The molecule has 27 heavy (non-hydrogen) atoms. The molecule has 1 atom stereocenters. The zero-order valence-corrected chi connectivity index (χ0v) is 16.4. The molecule has 0 N–H and O–H groups in total. The summed E-state index contributed by atoms with van der Waals surface area (Å²) < 4.78 is 5.46. The summed E-state index contributed by atoms with van der Waals surface area (Å²) in [5.74, 6) is 1.92. The van der Waals surface area contributed by atoms with Crippen molar-refractivity contribution < 1.29 is 9.53 Å². The smallest absolute Gasteiger partial charge is 0.222 e. The number of aromatic nitrogens is 1. The lowest BCUT2D eigenvalue weighted by Gasteiger charge is -2.28. The third kappa shape index (κ3) is 4.08. The number of benzene rings is 1. The van der Waals surface area contributed by atoms with Gasteiger partial charge in [-0.15, -0.1) is 0 Å². The normalized spacial score (nSPS) is 20.9. The van der Waals surface area contributed by atoms with Gasteiger partial charge in [0.2, 0.25) is 5.91 Å². The van der Waals surface area contributed by atoms with Gasteiger partial charge in [0.05, 0.1) is 7.11 Å². The highest BCUT2D eigenvalue weighted by Gasteiger charge is 2.30. The number of hydrogen-bond donors (Lipinski definition) is 0. The third-order valence-electron chi connectivity index (χ3n) is 6.04. The van der Waals surface area contributed by atoms with Crippen molar-refractivity contribution in [2.45, 2.75) is 44.7 Å². The van der Waals surface area contributed by atoms with Crippen molar-refractivity contribution in [3.05, 3.63) is 36.0 Å². The van der Waals surface area contributed by atoms with Crippen molar-refractivity contribution in [3.63, 3.8) is 0 Å². The first-order valence-corrected chi connectivity index (χ1v) is 10.0. The van der Waals surface area contributed by atoms with E-state index in [0.717, 1.165) is 55.0 Å². The van der Waals surface area contributed by atoms with E-state index in [4.69, 9.17) is 4.74 Å². The Labute approximate surface area is 161 Å². The number of ether oxygens (including phenoxy) is 1. The molecule has 0 spiro atoms. The SMILES string of the molecule is COc1ccc(CN(C)C2CCC(=O)N(CC3CC3)CC2)c2cccnc12. The first-order chi connectivity index (χ1) is 13.2. The summed E-state index contributed by atoms with van der Waals surface area (Å²) in [6.07, 6.45) is 7.08. The zero-order valence-electron chi connectivity index (χ0n) is 16.4. The predicted octanol–water partition coefficient (Wildman–Crippen LogP) is 3.47. The first kappa shape index (κ1) is 18.2. The first-order valence-electron chi connectivity index (χ1n) is 10.0. The van der Waals surface area contributed by atoms with Gasteiger partial charge in [0, 0.05) is 43.7 Å². The van der Waals surface area contributed by atoms with E-state index in [9.17, 15) is 4.79 Å². The molecule has 5 nitrogen and oxygen atoms in total. The molecule has 2 aromatic rings. The molecule has 0 bridgehead atoms. The van der Waals surface area contributed by atoms with E-state index in [1.165, 1.54) is 18.4 Å². The van der Waals surface area contributed by atoms with Gasteiger partial charge < -0.3 is 9.64 Å². The highest BCUT2D eigenvalue weighted by molar-refractivity contribution is 5.87. The van der Waals surface area contributed by atoms with E-state index in [1.807, 2.05) is 18.3 Å². The summed E-state index contributed by atoms with van der Waals surface area (Å²) in [5.41, 5.74) is 2.17. The van der Waals surface area contributed by atoms with Gasteiger partial charge in [-0.05, 0) is 56.3 Å². The van der Waals surface area contributed by atoms with E-state index >= 15 is 0 Å². The number of fused-ring (bicyclic) bond motifs is 1. The molecule has 2 fully saturated rings. The Morgan fingerprint density at radius 1 is 1.22 bits per heavy atom. The van der Waals surface area contributed by atoms with Gasteiger partial charge in [0.1, 0.15) is 11.3 Å². The van der Waals surface area contributed by atoms with Crippen LogP contribution in [0.25, 0.3) is 10.9 Å². The van der Waals surface area contributed by atoms with Crippen LogP contribution >= 0.6 is 0 Å². The summed E-state index contributed by atoms with van der Waals surface area (Å²) in [6.45, 7) is 2.73. The highest BCUT2D eigenvalue weighted by atomic mass is 16.5. The second kappa shape index (κ2) is 7.85. The fraction of sp³-hybridized carbons (Fsp3) is 0.545. The number of methoxy groups -OCH3 is 1. The van der Waals surface area contributed by atoms with Crippen LogP contribution in [0.2, 0.25) is 0 Å². The minimum absolute atomic E-state index is 0.344. The lowest BCUT2D eigenvalue weighted by atomic mass is 10.0. The second-order valence-corrected chi connectivity index (χ2v) is 8.01. The van der Waals surface area contributed by atoms with Crippen molar-refractivity contribution in [3.8, 4) is 5.75 Å². The number of nitrogens with zero attached hydrogens (tertiary/aromatic N) is 3. The standard InChI is InChI=1S/C22H29N3O2/c1-24(18-8-10-21(26)25(13-11-18)14-16-5-6-16)15-17-7-9-20(27-2)22-19(17)4-3-12-23-22/h3-4,7,9,12,16,18H,5-6,8,10-11,13-15H2,1-2H3. The molecule has 4 rings (SSSR count). The molecule has 1 aliphatic carbocycles. The van der Waals surface area contributed by atoms with Crippen LogP contribution in [0.4, 0.5) is 0 Å². The number of carbonyl (C=O) groups is 1. The van der Waals surface area contributed by atoms with E-state index < -0.39 is 0 Å². The third-order valence-corrected chi connectivity index (χ3v) is 6.04. The number of rotatable bonds is 6. The van der Waals surface area contributed by atoms with Crippen molar-refractivity contribution in [1.82, 2.24) is 14.8 Å². The van der Waals surface area contributed by atoms with E-state index in [-0.39, 0.29) is 0 Å². The van der Waals surface area contributed by atoms with Gasteiger partial charge in [-0.2, -0.15) is 0 Å². The molecule has 1 unspecified atom stereocenters. The molecule has 1 aromatic heterocycles. The molecule has 144 valence electrons. The zero-order chi connectivity index (χ0) is 18.8. The van der Waals surface area contributed by atoms with Gasteiger partial charge in [-0.1, -0.05) is 12.1 Å². The van der Waals surface area contributed by atoms with E-state index in [1.54, 1.807) is 7.11 Å². The van der Waals surface area contributed by atoms with E-state index in [0.29, 0.717) is 18.4 Å². The van der Waals surface area contributed by atoms with E-state index in [2.05, 4.69) is 34.0 Å². The number of likely N-dealkylation sites (tertiary alicyclic amines) is 1. The summed E-state index contributed by atoms with van der Waals surface area (Å²) in [4.78, 5) is 21.5. The Bertz CT molecular complexity index is 818. The Kier molecular flexibility index (Phi) is 5.30. The van der Waals surface area contributed by atoms with Gasteiger partial charge in [-0.3, -0.25) is 14.7 Å². The minimum atomic E-state index is 0.344. The van der Waals surface area contributed by atoms with Crippen LogP contribution in [0.15, 0.2) is 30.5 Å². The van der Waals surface area contributed by atoms with Crippen molar-refractivity contribution in [2.75, 3.05) is 27.2 Å². The minimum Gasteiger partial charge on any atom is -0.494 e. The summed E-state index contributed by atoms with van der Waals surface area (Å²) in [5, 5.41) is 1.14. The van der Waals surface area contributed by atoms with Crippen LogP contribution in [0, 0.1) is 5.92 Å². The fourth-order valence-corrected chi connectivity index (χ4v) is 4.17. The Morgan fingerprint density at radius 3 is 2.85 bits per heavy atom. The van der Waals surface area contributed by atoms with Crippen molar-refractivity contribution in [1.29, 1.82) is 0 Å². The summed E-state index contributed by atoms with van der Waals surface area (Å²) >= 11 is 0. The Balaban J connectivity index is 1.46. The molecule has 2 aliphatic rings. The van der Waals surface area contributed by atoms with Crippen LogP contribution < -0.4 is 4.74 Å². The Hall–Kier alpha value is -2.14. The summed E-state index contributed by atoms with van der Waals surface area (Å²) in [7, 11) is 3.86. The Morgan fingerprint density at radius 2 is 2.07 bits per heavy atom. The number of hydrogen-bond acceptors (Lipinski definition) is 4. The predicted molar refractivity (Wildman–Crippen MR) is 107 cm³/mol. The number of amides is 1. The maximum atomic E-state index is 12.4. The molecular formula is C22H29N3O2. The molecule has 2 heterocycles. The molecule has 1 saturated heterocycles. The van der Waals surface area contributed by atoms with Crippen LogP contribution in [0.5, 0.6) is 5.75 Å². The van der Waals surface area contributed by atoms with Crippen LogP contribution in [0.1, 0.15) is 37.7 Å². The molecule has 0 radical (unpaired) electrons. The molecule has 5 heteroatoms. The maximum absolute atomic E-state index is 12.4. The monoisotopic (exact) mass is 367 g/mol. The van der Waals surface area contributed by atoms with Gasteiger partial charge in [0.25, 0.3) is 0 Å². The lowest BCUT2D eigenvalue weighted by Crippen LogP contribution is -2.34. The highest BCUT2D eigenvalue weighted by Crippen LogP contribution is 2.31. The van der Waals surface area contributed by atoms with Gasteiger partial charge in [-0.25, -0.2) is 0 Å². The van der Waals surface area contributed by atoms with Crippen molar-refractivity contribution >= 4 is 16.8 Å². The average Bonchev–Trinajstić information content (AvgIpc) is 3.52. The van der Waals surface area contributed by atoms with Gasteiger partial charge in [0.15, 0.2) is 0 Å². The molecule has 1 aliphatic heterocycles. The lowest BCUT2D eigenvalue weighted by molar-refractivity contribution is -0.130. The number of carbonyl (C=O) groups excluding carboxylic acids is 1. The molecule has 1 amide bonds. The van der Waals surface area contributed by atoms with Crippen LogP contribution in [-0.2, 0) is 11.3 Å². The van der Waals surface area contributed by atoms with Gasteiger partial charge >= 0.3 is 0 Å². The summed E-state index contributed by atoms with van der Waals surface area (Å²) in [6, 6.07) is 8.67. The van der Waals surface area contributed by atoms with Crippen molar-refractivity contribution in [2.24, 2.45) is 5.92 Å². The average molecular weight is 367 g/mol. The number of pyridine rings is 1. The molecular weight excluding hydrogens is 338 g/mol.